The summed E-state index contributed by atoms with van der Waals surface area (Å²) >= 11 is -0.275. The lowest BCUT2D eigenvalue weighted by atomic mass is 10.1. The molecule has 1 unspecified atom stereocenters. The Morgan fingerprint density at radius 3 is 2.68 bits per heavy atom. The van der Waals surface area contributed by atoms with E-state index in [1.807, 2.05) is 0 Å². The van der Waals surface area contributed by atoms with Crippen LogP contribution in [-0.2, 0) is 6.42 Å². The molecule has 2 aromatic rings. The van der Waals surface area contributed by atoms with E-state index in [-0.39, 0.29) is 39.3 Å². The van der Waals surface area contributed by atoms with Gasteiger partial charge in [0.1, 0.15) is 23.4 Å². The molecule has 1 N–H and O–H groups in total. The number of aliphatic hydroxyl groups is 1. The Kier molecular flexibility index (Phi) is 4.62. The first-order valence-electron chi connectivity index (χ1n) is 7.25. The Hall–Kier alpha value is -2.24. The van der Waals surface area contributed by atoms with Crippen LogP contribution in [0.3, 0.4) is 0 Å². The Morgan fingerprint density at radius 1 is 1.24 bits per heavy atom. The molecule has 0 spiro atoms. The van der Waals surface area contributed by atoms with Gasteiger partial charge in [0.15, 0.2) is 0 Å². The maximum absolute atomic E-state index is 13.4. The van der Waals surface area contributed by atoms with Crippen LogP contribution >= 0.6 is 11.8 Å². The van der Waals surface area contributed by atoms with Crippen molar-refractivity contribution in [1.29, 1.82) is 5.26 Å². The van der Waals surface area contributed by atoms with Crippen molar-refractivity contribution in [1.82, 2.24) is 0 Å². The summed E-state index contributed by atoms with van der Waals surface area (Å²) in [7, 11) is 0. The van der Waals surface area contributed by atoms with Gasteiger partial charge < -0.3 is 9.84 Å². The van der Waals surface area contributed by atoms with Crippen molar-refractivity contribution in [2.45, 2.75) is 29.3 Å². The van der Waals surface area contributed by atoms with Crippen LogP contribution in [0.1, 0.15) is 29.2 Å². The van der Waals surface area contributed by atoms with Crippen LogP contribution in [0.5, 0.6) is 11.5 Å². The van der Waals surface area contributed by atoms with Gasteiger partial charge in [-0.3, -0.25) is 0 Å². The fourth-order valence-electron chi connectivity index (χ4n) is 2.76. The summed E-state index contributed by atoms with van der Waals surface area (Å²) in [6, 6.07) is 7.95. The summed E-state index contributed by atoms with van der Waals surface area (Å²) in [5.74, 6) is -0.209. The Bertz CT molecular complexity index is 861. The fourth-order valence-corrected chi connectivity index (χ4v) is 3.52. The van der Waals surface area contributed by atoms with E-state index in [1.165, 1.54) is 24.3 Å². The lowest BCUT2D eigenvalue weighted by Gasteiger charge is -2.16. The van der Waals surface area contributed by atoms with Gasteiger partial charge in [0.2, 0.25) is 0 Å². The van der Waals surface area contributed by atoms with Gasteiger partial charge in [0.25, 0.3) is 0 Å². The largest absolute Gasteiger partial charge is 0.457 e. The van der Waals surface area contributed by atoms with Crippen LogP contribution in [0.4, 0.5) is 17.6 Å². The van der Waals surface area contributed by atoms with Gasteiger partial charge >= 0.3 is 5.51 Å². The number of halogens is 4. The second kappa shape index (κ2) is 6.58. The van der Waals surface area contributed by atoms with Crippen molar-refractivity contribution in [2.24, 2.45) is 0 Å². The van der Waals surface area contributed by atoms with Crippen molar-refractivity contribution in [3.05, 3.63) is 52.8 Å². The molecule has 1 aliphatic rings. The van der Waals surface area contributed by atoms with Crippen LogP contribution < -0.4 is 4.74 Å². The number of fused-ring (bicyclic) bond motifs is 1. The zero-order valence-corrected chi connectivity index (χ0v) is 13.4. The van der Waals surface area contributed by atoms with Gasteiger partial charge in [-0.15, -0.1) is 0 Å². The molecule has 0 radical (unpaired) electrons. The van der Waals surface area contributed by atoms with Gasteiger partial charge in [0.05, 0.1) is 11.7 Å². The number of thioether (sulfide) groups is 1. The highest BCUT2D eigenvalue weighted by Gasteiger charge is 2.35. The first-order valence-corrected chi connectivity index (χ1v) is 8.07. The Morgan fingerprint density at radius 2 is 2.00 bits per heavy atom. The number of benzene rings is 2. The van der Waals surface area contributed by atoms with E-state index >= 15 is 0 Å². The van der Waals surface area contributed by atoms with E-state index in [2.05, 4.69) is 0 Å². The van der Waals surface area contributed by atoms with Crippen LogP contribution in [0.2, 0.25) is 0 Å². The third-order valence-corrected chi connectivity index (χ3v) is 4.59. The van der Waals surface area contributed by atoms with Crippen molar-refractivity contribution in [2.75, 3.05) is 0 Å². The van der Waals surface area contributed by atoms with E-state index in [0.717, 1.165) is 6.07 Å². The fraction of sp³-hybridized carbons (Fsp3) is 0.235. The molecule has 3 rings (SSSR count). The third kappa shape index (κ3) is 3.72. The lowest BCUT2D eigenvalue weighted by molar-refractivity contribution is -0.0328. The average molecular weight is 369 g/mol. The number of nitriles is 1. The summed E-state index contributed by atoms with van der Waals surface area (Å²) in [6.45, 7) is 0. The van der Waals surface area contributed by atoms with Gasteiger partial charge in [-0.2, -0.15) is 18.4 Å². The molecule has 8 heteroatoms. The van der Waals surface area contributed by atoms with Gasteiger partial charge in [-0.05, 0) is 48.9 Å². The molecule has 25 heavy (non-hydrogen) atoms. The average Bonchev–Trinajstić information content (AvgIpc) is 2.93. The second-order valence-corrected chi connectivity index (χ2v) is 6.52. The quantitative estimate of drug-likeness (QED) is 0.605. The highest BCUT2D eigenvalue weighted by atomic mass is 32.2. The molecular weight excluding hydrogens is 358 g/mol. The van der Waals surface area contributed by atoms with Crippen LogP contribution in [0.25, 0.3) is 0 Å². The molecule has 0 aromatic heterocycles. The Balaban J connectivity index is 1.98. The zero-order chi connectivity index (χ0) is 18.2. The second-order valence-electron chi connectivity index (χ2n) is 5.41. The maximum Gasteiger partial charge on any atom is 0.446 e. The predicted octanol–water partition coefficient (Wildman–Crippen LogP) is 5.08. The number of alkyl halides is 3. The summed E-state index contributed by atoms with van der Waals surface area (Å²) in [4.78, 5) is -0.0586. The number of rotatable bonds is 3. The molecule has 0 bridgehead atoms. The van der Waals surface area contributed by atoms with E-state index in [4.69, 9.17) is 10.00 Å². The molecule has 0 saturated carbocycles. The zero-order valence-electron chi connectivity index (χ0n) is 12.6. The van der Waals surface area contributed by atoms with Crippen molar-refractivity contribution in [3.63, 3.8) is 0 Å². The molecule has 1 aliphatic carbocycles. The summed E-state index contributed by atoms with van der Waals surface area (Å²) in [6.07, 6.45) is -0.329. The highest BCUT2D eigenvalue weighted by Crippen LogP contribution is 2.47. The lowest BCUT2D eigenvalue weighted by Crippen LogP contribution is -2.03. The van der Waals surface area contributed by atoms with Gasteiger partial charge in [-0.1, -0.05) is 0 Å². The highest BCUT2D eigenvalue weighted by molar-refractivity contribution is 8.00. The van der Waals surface area contributed by atoms with E-state index in [0.29, 0.717) is 18.4 Å². The minimum atomic E-state index is -4.46. The van der Waals surface area contributed by atoms with Crippen molar-refractivity contribution < 1.29 is 27.4 Å². The minimum Gasteiger partial charge on any atom is -0.457 e. The number of hydrogen-bond acceptors (Lipinski definition) is 4. The van der Waals surface area contributed by atoms with E-state index in [1.54, 1.807) is 6.07 Å². The minimum absolute atomic E-state index is 0.0586. The standard InChI is InChI=1S/C17H11F4NO2S/c18-12-3-1-10(7-9(12)8-22)24-14-5-6-15(25-17(19,20)21)16-11(14)2-4-13(16)23/h1,3,5-7,13,23H,2,4H2. The first-order chi connectivity index (χ1) is 11.8. The molecule has 0 heterocycles. The third-order valence-electron chi connectivity index (χ3n) is 3.79. The predicted molar refractivity (Wildman–Crippen MR) is 82.8 cm³/mol. The van der Waals surface area contributed by atoms with Gasteiger partial charge in [-0.25, -0.2) is 4.39 Å². The van der Waals surface area contributed by atoms with Crippen LogP contribution in [0.15, 0.2) is 35.2 Å². The molecule has 1 atom stereocenters. The molecule has 3 nitrogen and oxygen atoms in total. The smallest absolute Gasteiger partial charge is 0.446 e. The first kappa shape index (κ1) is 17.6. The molecule has 0 amide bonds. The monoisotopic (exact) mass is 369 g/mol. The molecule has 0 fully saturated rings. The molecular formula is C17H11F4NO2S. The number of nitrogens with zero attached hydrogens (tertiary/aromatic N) is 1. The van der Waals surface area contributed by atoms with Crippen LogP contribution in [-0.4, -0.2) is 10.6 Å². The van der Waals surface area contributed by atoms with Crippen molar-refractivity contribution >= 4 is 11.8 Å². The summed E-state index contributed by atoms with van der Waals surface area (Å²) < 4.78 is 57.1. The number of aliphatic hydroxyl groups excluding tert-OH is 1. The summed E-state index contributed by atoms with van der Waals surface area (Å²) in [5, 5.41) is 18.9. The summed E-state index contributed by atoms with van der Waals surface area (Å²) in [5.41, 5.74) is -3.96. The number of hydrogen-bond donors (Lipinski definition) is 1. The number of ether oxygens (including phenoxy) is 1. The molecule has 0 saturated heterocycles. The van der Waals surface area contributed by atoms with E-state index in [9.17, 15) is 22.7 Å². The molecule has 0 aliphatic heterocycles. The normalized spacial score (nSPS) is 16.4. The van der Waals surface area contributed by atoms with Gasteiger partial charge in [0, 0.05) is 22.1 Å². The van der Waals surface area contributed by atoms with Crippen molar-refractivity contribution in [3.8, 4) is 17.6 Å². The maximum atomic E-state index is 13.4. The van der Waals surface area contributed by atoms with E-state index < -0.39 is 17.4 Å². The molecule has 130 valence electrons. The SMILES string of the molecule is N#Cc1cc(Oc2ccc(SC(F)(F)F)c3c2CCC3O)ccc1F. The van der Waals surface area contributed by atoms with Crippen LogP contribution in [0, 0.1) is 17.1 Å². The molecule has 2 aromatic carbocycles. The topological polar surface area (TPSA) is 53.2 Å². The Labute approximate surface area is 144 Å².